The third-order valence-corrected chi connectivity index (χ3v) is 4.27. The summed E-state index contributed by atoms with van der Waals surface area (Å²) in [5, 5.41) is 9.49. The van der Waals surface area contributed by atoms with Crippen LogP contribution >= 0.6 is 0 Å². The molecule has 0 radical (unpaired) electrons. The number of benzene rings is 1. The largest absolute Gasteiger partial charge is 0.468 e. The second kappa shape index (κ2) is 8.94. The lowest BCUT2D eigenvalue weighted by Crippen LogP contribution is -2.39. The van der Waals surface area contributed by atoms with Crippen LogP contribution < -0.4 is 4.90 Å². The third kappa shape index (κ3) is 4.31. The number of anilines is 1. The number of esters is 1. The lowest BCUT2D eigenvalue weighted by Gasteiger charge is -2.25. The van der Waals surface area contributed by atoms with E-state index in [1.807, 2.05) is 26.0 Å². The number of amides is 1. The highest BCUT2D eigenvalue weighted by atomic mass is 16.5. The SMILES string of the molecule is CCN(CC)C(=O)CN(C)c1nc2ccccc2nc1[C@@H](C#N)C(=O)OC. The van der Waals surface area contributed by atoms with Gasteiger partial charge >= 0.3 is 5.97 Å². The molecule has 0 aliphatic rings. The number of hydrogen-bond acceptors (Lipinski definition) is 7. The summed E-state index contributed by atoms with van der Waals surface area (Å²) >= 11 is 0. The first kappa shape index (κ1) is 20.1. The normalized spacial score (nSPS) is 11.5. The molecule has 0 bridgehead atoms. The van der Waals surface area contributed by atoms with E-state index in [1.54, 1.807) is 35.0 Å². The maximum atomic E-state index is 12.5. The molecule has 8 nitrogen and oxygen atoms in total. The number of carbonyl (C=O) groups excluding carboxylic acids is 2. The second-order valence-corrected chi connectivity index (χ2v) is 5.93. The van der Waals surface area contributed by atoms with Gasteiger partial charge < -0.3 is 14.5 Å². The van der Waals surface area contributed by atoms with Crippen LogP contribution in [0, 0.1) is 11.3 Å². The molecule has 1 aromatic heterocycles. The molecule has 0 saturated carbocycles. The highest BCUT2D eigenvalue weighted by molar-refractivity contribution is 5.86. The Morgan fingerprint density at radius 3 is 2.30 bits per heavy atom. The number of hydrogen-bond donors (Lipinski definition) is 0. The number of nitrogens with zero attached hydrogens (tertiary/aromatic N) is 5. The fraction of sp³-hybridized carbons (Fsp3) is 0.421. The summed E-state index contributed by atoms with van der Waals surface area (Å²) in [4.78, 5) is 36.9. The van der Waals surface area contributed by atoms with Crippen molar-refractivity contribution in [1.82, 2.24) is 14.9 Å². The highest BCUT2D eigenvalue weighted by Gasteiger charge is 2.29. The van der Waals surface area contributed by atoms with Gasteiger partial charge in [-0.2, -0.15) is 5.26 Å². The van der Waals surface area contributed by atoms with Crippen molar-refractivity contribution in [3.05, 3.63) is 30.0 Å². The molecule has 142 valence electrons. The maximum Gasteiger partial charge on any atom is 0.329 e. The van der Waals surface area contributed by atoms with Crippen LogP contribution in [0.3, 0.4) is 0 Å². The molecule has 1 aromatic carbocycles. The van der Waals surface area contributed by atoms with Gasteiger partial charge in [-0.25, -0.2) is 9.97 Å². The Balaban J connectivity index is 2.52. The summed E-state index contributed by atoms with van der Waals surface area (Å²) < 4.78 is 4.74. The van der Waals surface area contributed by atoms with Gasteiger partial charge in [0.1, 0.15) is 5.69 Å². The van der Waals surface area contributed by atoms with Gasteiger partial charge in [-0.1, -0.05) is 12.1 Å². The number of fused-ring (bicyclic) bond motifs is 1. The third-order valence-electron chi connectivity index (χ3n) is 4.27. The first-order chi connectivity index (χ1) is 13.0. The fourth-order valence-corrected chi connectivity index (χ4v) is 2.78. The van der Waals surface area contributed by atoms with Gasteiger partial charge in [0, 0.05) is 20.1 Å². The monoisotopic (exact) mass is 369 g/mol. The molecule has 1 amide bonds. The van der Waals surface area contributed by atoms with E-state index in [4.69, 9.17) is 4.74 Å². The van der Waals surface area contributed by atoms with Gasteiger partial charge in [0.05, 0.1) is 30.8 Å². The van der Waals surface area contributed by atoms with Crippen molar-refractivity contribution in [2.24, 2.45) is 0 Å². The predicted molar refractivity (Wildman–Crippen MR) is 101 cm³/mol. The van der Waals surface area contributed by atoms with E-state index < -0.39 is 11.9 Å². The molecule has 0 aliphatic carbocycles. The minimum absolute atomic E-state index is 0.0566. The van der Waals surface area contributed by atoms with Crippen molar-refractivity contribution < 1.29 is 14.3 Å². The lowest BCUT2D eigenvalue weighted by atomic mass is 10.1. The van der Waals surface area contributed by atoms with Gasteiger partial charge in [-0.3, -0.25) is 9.59 Å². The molecule has 0 N–H and O–H groups in total. The van der Waals surface area contributed by atoms with E-state index in [0.717, 1.165) is 0 Å². The van der Waals surface area contributed by atoms with E-state index in [2.05, 4.69) is 9.97 Å². The topological polar surface area (TPSA) is 99.4 Å². The van der Waals surface area contributed by atoms with Gasteiger partial charge in [-0.05, 0) is 26.0 Å². The minimum Gasteiger partial charge on any atom is -0.468 e. The maximum absolute atomic E-state index is 12.5. The molecule has 0 spiro atoms. The van der Waals surface area contributed by atoms with E-state index in [9.17, 15) is 14.9 Å². The number of ether oxygens (including phenoxy) is 1. The lowest BCUT2D eigenvalue weighted by molar-refractivity contribution is -0.141. The van der Waals surface area contributed by atoms with Crippen LogP contribution in [0.15, 0.2) is 24.3 Å². The quantitative estimate of drug-likeness (QED) is 0.685. The Bertz CT molecular complexity index is 873. The molecule has 0 unspecified atom stereocenters. The van der Waals surface area contributed by atoms with E-state index >= 15 is 0 Å². The number of rotatable bonds is 7. The van der Waals surface area contributed by atoms with E-state index in [1.165, 1.54) is 7.11 Å². The van der Waals surface area contributed by atoms with Crippen molar-refractivity contribution in [3.8, 4) is 6.07 Å². The summed E-state index contributed by atoms with van der Waals surface area (Å²) in [7, 11) is 2.91. The summed E-state index contributed by atoms with van der Waals surface area (Å²) in [5.41, 5.74) is 1.35. The molecule has 1 atom stereocenters. The molecule has 0 aliphatic heterocycles. The van der Waals surface area contributed by atoms with Crippen molar-refractivity contribution in [2.45, 2.75) is 19.8 Å². The Kier molecular flexibility index (Phi) is 6.66. The molecule has 0 saturated heterocycles. The second-order valence-electron chi connectivity index (χ2n) is 5.93. The van der Waals surface area contributed by atoms with Crippen LogP contribution in [0.25, 0.3) is 11.0 Å². The first-order valence-electron chi connectivity index (χ1n) is 8.69. The molecule has 8 heteroatoms. The van der Waals surface area contributed by atoms with Crippen molar-refractivity contribution in [3.63, 3.8) is 0 Å². The highest BCUT2D eigenvalue weighted by Crippen LogP contribution is 2.27. The summed E-state index contributed by atoms with van der Waals surface area (Å²) in [6, 6.07) is 9.09. The number of aromatic nitrogens is 2. The van der Waals surface area contributed by atoms with Crippen LogP contribution in [0.5, 0.6) is 0 Å². The molecule has 2 aromatic rings. The first-order valence-corrected chi connectivity index (χ1v) is 8.69. The predicted octanol–water partition coefficient (Wildman–Crippen LogP) is 1.71. The average Bonchev–Trinajstić information content (AvgIpc) is 2.68. The summed E-state index contributed by atoms with van der Waals surface area (Å²) in [5.74, 6) is -1.71. The molecule has 27 heavy (non-hydrogen) atoms. The van der Waals surface area contributed by atoms with Gasteiger partial charge in [0.15, 0.2) is 11.7 Å². The smallest absolute Gasteiger partial charge is 0.329 e. The number of carbonyl (C=O) groups is 2. The van der Waals surface area contributed by atoms with Crippen molar-refractivity contribution >= 4 is 28.7 Å². The summed E-state index contributed by atoms with van der Waals surface area (Å²) in [6.45, 7) is 5.07. The van der Waals surface area contributed by atoms with Crippen molar-refractivity contribution in [2.75, 3.05) is 38.7 Å². The zero-order valence-corrected chi connectivity index (χ0v) is 16.0. The molecule has 1 heterocycles. The Morgan fingerprint density at radius 1 is 1.19 bits per heavy atom. The van der Waals surface area contributed by atoms with E-state index in [-0.39, 0.29) is 18.1 Å². The van der Waals surface area contributed by atoms with Crippen LogP contribution in [-0.4, -0.2) is 60.5 Å². The Morgan fingerprint density at radius 2 is 1.78 bits per heavy atom. The number of likely N-dealkylation sites (N-methyl/N-ethyl adjacent to an activating group) is 2. The standard InChI is InChI=1S/C19H23N5O3/c1-5-24(6-2)16(25)12-23(3)18-17(13(11-20)19(26)27-4)21-14-9-7-8-10-15(14)22-18/h7-10,13H,5-6,12H2,1-4H3/t13-/m1/s1. The molecular weight excluding hydrogens is 346 g/mol. The van der Waals surface area contributed by atoms with Gasteiger partial charge in [-0.15, -0.1) is 0 Å². The number of para-hydroxylation sites is 2. The van der Waals surface area contributed by atoms with Crippen LogP contribution in [0.4, 0.5) is 5.82 Å². The minimum atomic E-state index is -1.23. The zero-order chi connectivity index (χ0) is 20.0. The van der Waals surface area contributed by atoms with E-state index in [0.29, 0.717) is 29.9 Å². The molecule has 2 rings (SSSR count). The molecule has 0 fully saturated rings. The Hall–Kier alpha value is -3.21. The molecular formula is C19H23N5O3. The fourth-order valence-electron chi connectivity index (χ4n) is 2.78. The van der Waals surface area contributed by atoms with Crippen LogP contribution in [-0.2, 0) is 14.3 Å². The van der Waals surface area contributed by atoms with Gasteiger partial charge in [0.25, 0.3) is 0 Å². The van der Waals surface area contributed by atoms with Crippen molar-refractivity contribution in [1.29, 1.82) is 5.26 Å². The van der Waals surface area contributed by atoms with Gasteiger partial charge in [0.2, 0.25) is 5.91 Å². The Labute approximate surface area is 158 Å². The number of nitriles is 1. The van der Waals surface area contributed by atoms with Crippen LogP contribution in [0.1, 0.15) is 25.5 Å². The summed E-state index contributed by atoms with van der Waals surface area (Å²) in [6.07, 6.45) is 0. The average molecular weight is 369 g/mol. The van der Waals surface area contributed by atoms with Crippen LogP contribution in [0.2, 0.25) is 0 Å². The zero-order valence-electron chi connectivity index (χ0n) is 16.0. The number of methoxy groups -OCH3 is 1.